The largest absolute Gasteiger partial charge is 0.481 e. The van der Waals surface area contributed by atoms with Crippen molar-refractivity contribution in [1.29, 1.82) is 0 Å². The molecule has 7 heteroatoms. The van der Waals surface area contributed by atoms with Crippen LogP contribution in [0.2, 0.25) is 0 Å². The molecule has 7 nitrogen and oxygen atoms in total. The Morgan fingerprint density at radius 2 is 1.94 bits per heavy atom. The summed E-state index contributed by atoms with van der Waals surface area (Å²) in [5.74, 6) is -2.29. The first-order chi connectivity index (χ1) is 8.45. The summed E-state index contributed by atoms with van der Waals surface area (Å²) in [4.78, 5) is 34.7. The highest BCUT2D eigenvalue weighted by Gasteiger charge is 2.33. The summed E-state index contributed by atoms with van der Waals surface area (Å²) in [6.45, 7) is 2.34. The van der Waals surface area contributed by atoms with Crippen molar-refractivity contribution in [2.75, 3.05) is 6.54 Å². The molecule has 0 saturated heterocycles. The van der Waals surface area contributed by atoms with Gasteiger partial charge in [0.15, 0.2) is 0 Å². The number of nitrogens with one attached hydrogen (secondary N) is 1. The molecule has 3 N–H and O–H groups in total. The Bertz CT molecular complexity index is 340. The number of carbonyl (C=O) groups excluding carboxylic acids is 1. The average Bonchev–Trinajstić information content (AvgIpc) is 3.08. The average molecular weight is 258 g/mol. The van der Waals surface area contributed by atoms with Crippen LogP contribution in [0, 0.1) is 0 Å². The third kappa shape index (κ3) is 4.23. The molecule has 1 fully saturated rings. The predicted molar refractivity (Wildman–Crippen MR) is 62.2 cm³/mol. The van der Waals surface area contributed by atoms with Gasteiger partial charge in [0.1, 0.15) is 6.04 Å². The molecular formula is C11H18N2O5. The molecule has 1 saturated carbocycles. The van der Waals surface area contributed by atoms with E-state index in [9.17, 15) is 14.4 Å². The molecule has 18 heavy (non-hydrogen) atoms. The van der Waals surface area contributed by atoms with Gasteiger partial charge in [0.25, 0.3) is 0 Å². The van der Waals surface area contributed by atoms with E-state index in [2.05, 4.69) is 5.32 Å². The van der Waals surface area contributed by atoms with Crippen LogP contribution in [0.15, 0.2) is 0 Å². The minimum Gasteiger partial charge on any atom is -0.481 e. The molecule has 0 unspecified atom stereocenters. The van der Waals surface area contributed by atoms with Crippen molar-refractivity contribution in [1.82, 2.24) is 10.2 Å². The quantitative estimate of drug-likeness (QED) is 0.616. The van der Waals surface area contributed by atoms with Crippen LogP contribution in [0.25, 0.3) is 0 Å². The summed E-state index contributed by atoms with van der Waals surface area (Å²) >= 11 is 0. The topological polar surface area (TPSA) is 107 Å². The summed E-state index contributed by atoms with van der Waals surface area (Å²) in [6, 6.07) is -1.39. The van der Waals surface area contributed by atoms with Crippen LogP contribution < -0.4 is 5.32 Å². The minimum absolute atomic E-state index is 0.112. The monoisotopic (exact) mass is 258 g/mol. The first kappa shape index (κ1) is 14.3. The lowest BCUT2D eigenvalue weighted by atomic mass is 10.1. The Morgan fingerprint density at radius 3 is 2.33 bits per heavy atom. The summed E-state index contributed by atoms with van der Waals surface area (Å²) in [6.07, 6.45) is 1.48. The highest BCUT2D eigenvalue weighted by Crippen LogP contribution is 2.26. The van der Waals surface area contributed by atoms with Crippen molar-refractivity contribution in [3.8, 4) is 0 Å². The Labute approximate surface area is 105 Å². The van der Waals surface area contributed by atoms with Crippen molar-refractivity contribution in [2.24, 2.45) is 0 Å². The number of nitrogens with zero attached hydrogens (tertiary/aromatic N) is 1. The molecule has 1 aliphatic carbocycles. The van der Waals surface area contributed by atoms with Crippen molar-refractivity contribution in [3.05, 3.63) is 0 Å². The van der Waals surface area contributed by atoms with Crippen molar-refractivity contribution in [3.63, 3.8) is 0 Å². The molecule has 1 atom stereocenters. The standard InChI is InChI=1S/C11H18N2O5/c1-2-13(7-3-4-7)11(18)12-8(10(16)17)5-6-9(14)15/h7-8H,2-6H2,1H3,(H,12,18)(H,14,15)(H,16,17)/t8-/m0/s1. The highest BCUT2D eigenvalue weighted by molar-refractivity contribution is 5.83. The molecule has 0 aliphatic heterocycles. The molecule has 102 valence electrons. The van der Waals surface area contributed by atoms with Gasteiger partial charge in [-0.3, -0.25) is 4.79 Å². The van der Waals surface area contributed by atoms with E-state index in [0.717, 1.165) is 12.8 Å². The molecule has 0 aromatic rings. The second-order valence-corrected chi connectivity index (χ2v) is 4.29. The van der Waals surface area contributed by atoms with Crippen molar-refractivity contribution >= 4 is 18.0 Å². The van der Waals surface area contributed by atoms with Gasteiger partial charge in [0.05, 0.1) is 0 Å². The number of hydrogen-bond acceptors (Lipinski definition) is 3. The SMILES string of the molecule is CCN(C(=O)N[C@@H](CCC(=O)O)C(=O)O)C1CC1. The van der Waals surface area contributed by atoms with E-state index < -0.39 is 24.0 Å². The van der Waals surface area contributed by atoms with E-state index >= 15 is 0 Å². The van der Waals surface area contributed by atoms with Crippen LogP contribution in [-0.4, -0.2) is 51.7 Å². The lowest BCUT2D eigenvalue weighted by molar-refractivity contribution is -0.140. The summed E-state index contributed by atoms with van der Waals surface area (Å²) in [7, 11) is 0. The molecule has 0 spiro atoms. The Morgan fingerprint density at radius 1 is 1.33 bits per heavy atom. The summed E-state index contributed by atoms with van der Waals surface area (Å²) < 4.78 is 0. The van der Waals surface area contributed by atoms with Gasteiger partial charge in [-0.2, -0.15) is 0 Å². The number of amides is 2. The summed E-state index contributed by atoms with van der Waals surface area (Å²) in [5.41, 5.74) is 0. The Kier molecular flexibility index (Phi) is 4.94. The number of carbonyl (C=O) groups is 3. The predicted octanol–water partition coefficient (Wildman–Crippen LogP) is 0.498. The van der Waals surface area contributed by atoms with Gasteiger partial charge in [-0.05, 0) is 26.2 Å². The first-order valence-electron chi connectivity index (χ1n) is 5.97. The van der Waals surface area contributed by atoms with Gasteiger partial charge in [0.2, 0.25) is 0 Å². The number of carboxylic acid groups (broad SMARTS) is 2. The third-order valence-electron chi connectivity index (χ3n) is 2.83. The zero-order chi connectivity index (χ0) is 13.7. The van der Waals surface area contributed by atoms with Gasteiger partial charge in [-0.25, -0.2) is 9.59 Å². The number of carboxylic acids is 2. The fourth-order valence-corrected chi connectivity index (χ4v) is 1.71. The molecular weight excluding hydrogens is 240 g/mol. The maximum Gasteiger partial charge on any atom is 0.326 e. The number of hydrogen-bond donors (Lipinski definition) is 3. The van der Waals surface area contributed by atoms with E-state index in [1.807, 2.05) is 6.92 Å². The normalized spacial score (nSPS) is 15.8. The van der Waals surface area contributed by atoms with Crippen LogP contribution in [0.4, 0.5) is 4.79 Å². The lowest BCUT2D eigenvalue weighted by Crippen LogP contribution is -2.48. The smallest absolute Gasteiger partial charge is 0.326 e. The first-order valence-corrected chi connectivity index (χ1v) is 5.97. The Hall–Kier alpha value is -1.79. The van der Waals surface area contributed by atoms with Gasteiger partial charge < -0.3 is 20.4 Å². The molecule has 1 rings (SSSR count). The van der Waals surface area contributed by atoms with E-state index in [0.29, 0.717) is 6.54 Å². The fraction of sp³-hybridized carbons (Fsp3) is 0.727. The second kappa shape index (κ2) is 6.23. The lowest BCUT2D eigenvalue weighted by Gasteiger charge is -2.23. The molecule has 0 bridgehead atoms. The molecule has 2 amide bonds. The fourth-order valence-electron chi connectivity index (χ4n) is 1.71. The number of urea groups is 1. The molecule has 0 aromatic carbocycles. The van der Waals surface area contributed by atoms with Crippen LogP contribution >= 0.6 is 0 Å². The van der Waals surface area contributed by atoms with Gasteiger partial charge in [-0.15, -0.1) is 0 Å². The van der Waals surface area contributed by atoms with Gasteiger partial charge >= 0.3 is 18.0 Å². The van der Waals surface area contributed by atoms with Crippen LogP contribution in [0.3, 0.4) is 0 Å². The van der Waals surface area contributed by atoms with E-state index in [-0.39, 0.29) is 18.9 Å². The van der Waals surface area contributed by atoms with Crippen LogP contribution in [0.1, 0.15) is 32.6 Å². The van der Waals surface area contributed by atoms with Crippen molar-refractivity contribution < 1.29 is 24.6 Å². The van der Waals surface area contributed by atoms with E-state index in [1.54, 1.807) is 4.90 Å². The van der Waals surface area contributed by atoms with Crippen molar-refractivity contribution in [2.45, 2.75) is 44.7 Å². The molecule has 0 radical (unpaired) electrons. The van der Waals surface area contributed by atoms with Gasteiger partial charge in [-0.1, -0.05) is 0 Å². The second-order valence-electron chi connectivity index (χ2n) is 4.29. The number of aliphatic carboxylic acids is 2. The van der Waals surface area contributed by atoms with E-state index in [1.165, 1.54) is 0 Å². The zero-order valence-electron chi connectivity index (χ0n) is 10.3. The third-order valence-corrected chi connectivity index (χ3v) is 2.83. The minimum atomic E-state index is -1.21. The molecule has 0 aromatic heterocycles. The van der Waals surface area contributed by atoms with Gasteiger partial charge in [0, 0.05) is 19.0 Å². The molecule has 1 aliphatic rings. The Balaban J connectivity index is 2.50. The molecule has 0 heterocycles. The highest BCUT2D eigenvalue weighted by atomic mass is 16.4. The summed E-state index contributed by atoms with van der Waals surface area (Å²) in [5, 5.41) is 19.8. The maximum absolute atomic E-state index is 11.8. The maximum atomic E-state index is 11.8. The number of rotatable bonds is 7. The van der Waals surface area contributed by atoms with E-state index in [4.69, 9.17) is 10.2 Å². The zero-order valence-corrected chi connectivity index (χ0v) is 10.3. The van der Waals surface area contributed by atoms with Crippen LogP contribution in [0.5, 0.6) is 0 Å². The van der Waals surface area contributed by atoms with Crippen LogP contribution in [-0.2, 0) is 9.59 Å².